The standard InChI is InChI=1S/C10H19N5O2/c1-11-8-13-9(15-10(14-8)17-3)12-6-4-5-7-16-2/h4-7H2,1-3H3,(H2,11,12,13,14,15). The van der Waals surface area contributed by atoms with Crippen LogP contribution in [0.15, 0.2) is 0 Å². The second kappa shape index (κ2) is 7.61. The lowest BCUT2D eigenvalue weighted by Gasteiger charge is -2.07. The maximum Gasteiger partial charge on any atom is 0.322 e. The average molecular weight is 241 g/mol. The lowest BCUT2D eigenvalue weighted by Crippen LogP contribution is -2.09. The van der Waals surface area contributed by atoms with Gasteiger partial charge in [-0.2, -0.15) is 15.0 Å². The largest absolute Gasteiger partial charge is 0.467 e. The van der Waals surface area contributed by atoms with E-state index >= 15 is 0 Å². The van der Waals surface area contributed by atoms with Gasteiger partial charge >= 0.3 is 6.01 Å². The molecule has 0 bridgehead atoms. The van der Waals surface area contributed by atoms with Crippen LogP contribution in [0.4, 0.5) is 11.9 Å². The SMILES string of the molecule is CNc1nc(NCCCCOC)nc(OC)n1. The van der Waals surface area contributed by atoms with Crippen molar-refractivity contribution in [2.45, 2.75) is 12.8 Å². The highest BCUT2D eigenvalue weighted by Gasteiger charge is 2.04. The van der Waals surface area contributed by atoms with Crippen LogP contribution < -0.4 is 15.4 Å². The van der Waals surface area contributed by atoms with Crippen molar-refractivity contribution in [3.8, 4) is 6.01 Å². The number of nitrogens with one attached hydrogen (secondary N) is 2. The molecule has 0 radical (unpaired) electrons. The molecule has 1 rings (SSSR count). The first-order valence-corrected chi connectivity index (χ1v) is 5.50. The van der Waals surface area contributed by atoms with Gasteiger partial charge < -0.3 is 20.1 Å². The quantitative estimate of drug-likeness (QED) is 0.650. The van der Waals surface area contributed by atoms with Gasteiger partial charge in [0.15, 0.2) is 0 Å². The monoisotopic (exact) mass is 241 g/mol. The molecule has 0 aliphatic rings. The van der Waals surface area contributed by atoms with Gasteiger partial charge in [0.25, 0.3) is 0 Å². The highest BCUT2D eigenvalue weighted by Crippen LogP contribution is 2.09. The minimum Gasteiger partial charge on any atom is -0.467 e. The van der Waals surface area contributed by atoms with Crippen LogP contribution in [0.3, 0.4) is 0 Å². The smallest absolute Gasteiger partial charge is 0.322 e. The fourth-order valence-electron chi connectivity index (χ4n) is 1.21. The van der Waals surface area contributed by atoms with Crippen molar-refractivity contribution in [2.24, 2.45) is 0 Å². The molecule has 17 heavy (non-hydrogen) atoms. The van der Waals surface area contributed by atoms with E-state index in [0.29, 0.717) is 17.9 Å². The van der Waals surface area contributed by atoms with E-state index in [2.05, 4.69) is 25.6 Å². The van der Waals surface area contributed by atoms with E-state index in [1.165, 1.54) is 7.11 Å². The maximum atomic E-state index is 4.98. The Kier molecular flexibility index (Phi) is 6.02. The predicted molar refractivity (Wildman–Crippen MR) is 65.5 cm³/mol. The first-order chi connectivity index (χ1) is 8.30. The molecule has 0 aliphatic heterocycles. The molecule has 2 N–H and O–H groups in total. The molecule has 0 aromatic carbocycles. The van der Waals surface area contributed by atoms with Gasteiger partial charge in [-0.1, -0.05) is 0 Å². The molecule has 0 saturated carbocycles. The van der Waals surface area contributed by atoms with Gasteiger partial charge in [-0.05, 0) is 12.8 Å². The molecule has 0 aliphatic carbocycles. The van der Waals surface area contributed by atoms with Crippen LogP contribution in [0.1, 0.15) is 12.8 Å². The first-order valence-electron chi connectivity index (χ1n) is 5.50. The summed E-state index contributed by atoms with van der Waals surface area (Å²) >= 11 is 0. The summed E-state index contributed by atoms with van der Waals surface area (Å²) in [6, 6.07) is 0.295. The number of hydrogen-bond acceptors (Lipinski definition) is 7. The van der Waals surface area contributed by atoms with Gasteiger partial charge in [0.2, 0.25) is 11.9 Å². The van der Waals surface area contributed by atoms with E-state index in [1.54, 1.807) is 14.2 Å². The number of anilines is 2. The van der Waals surface area contributed by atoms with Crippen LogP contribution in [0.25, 0.3) is 0 Å². The number of aromatic nitrogens is 3. The highest BCUT2D eigenvalue weighted by molar-refractivity contribution is 5.35. The fourth-order valence-corrected chi connectivity index (χ4v) is 1.21. The summed E-state index contributed by atoms with van der Waals surface area (Å²) in [6.07, 6.45) is 2.00. The second-order valence-electron chi connectivity index (χ2n) is 3.35. The molecule has 0 unspecified atom stereocenters. The van der Waals surface area contributed by atoms with Crippen molar-refractivity contribution < 1.29 is 9.47 Å². The van der Waals surface area contributed by atoms with E-state index in [9.17, 15) is 0 Å². The summed E-state index contributed by atoms with van der Waals surface area (Å²) in [5.74, 6) is 0.995. The summed E-state index contributed by atoms with van der Waals surface area (Å²) in [5.41, 5.74) is 0. The van der Waals surface area contributed by atoms with Crippen molar-refractivity contribution >= 4 is 11.9 Å². The lowest BCUT2D eigenvalue weighted by molar-refractivity contribution is 0.193. The maximum absolute atomic E-state index is 4.98. The molecule has 1 heterocycles. The molecule has 7 heteroatoms. The predicted octanol–water partition coefficient (Wildman–Crippen LogP) is 0.760. The third-order valence-corrected chi connectivity index (χ3v) is 2.08. The van der Waals surface area contributed by atoms with Crippen LogP contribution in [0.5, 0.6) is 6.01 Å². The summed E-state index contributed by atoms with van der Waals surface area (Å²) in [7, 11) is 4.97. The van der Waals surface area contributed by atoms with E-state index in [0.717, 1.165) is 26.0 Å². The second-order valence-corrected chi connectivity index (χ2v) is 3.35. The fraction of sp³-hybridized carbons (Fsp3) is 0.700. The Bertz CT molecular complexity index is 312. The third kappa shape index (κ3) is 4.81. The van der Waals surface area contributed by atoms with Crippen LogP contribution in [0, 0.1) is 0 Å². The Morgan fingerprint density at radius 1 is 1.06 bits per heavy atom. The molecule has 0 fully saturated rings. The molecular formula is C10H19N5O2. The highest BCUT2D eigenvalue weighted by atomic mass is 16.5. The van der Waals surface area contributed by atoms with Crippen LogP contribution in [0.2, 0.25) is 0 Å². The molecule has 0 atom stereocenters. The van der Waals surface area contributed by atoms with E-state index in [1.807, 2.05) is 0 Å². The Balaban J connectivity index is 2.46. The summed E-state index contributed by atoms with van der Waals surface area (Å²) < 4.78 is 9.95. The lowest BCUT2D eigenvalue weighted by atomic mass is 10.3. The molecule has 96 valence electrons. The normalized spacial score (nSPS) is 10.1. The Morgan fingerprint density at radius 2 is 1.82 bits per heavy atom. The summed E-state index contributed by atoms with van der Waals surface area (Å²) in [4.78, 5) is 12.3. The number of nitrogens with zero attached hydrogens (tertiary/aromatic N) is 3. The topological polar surface area (TPSA) is 81.2 Å². The third-order valence-electron chi connectivity index (χ3n) is 2.08. The first kappa shape index (κ1) is 13.4. The minimum atomic E-state index is 0.295. The zero-order chi connectivity index (χ0) is 12.5. The van der Waals surface area contributed by atoms with Crippen LogP contribution in [-0.2, 0) is 4.74 Å². The van der Waals surface area contributed by atoms with Gasteiger partial charge in [-0.15, -0.1) is 0 Å². The van der Waals surface area contributed by atoms with Crippen molar-refractivity contribution in [3.05, 3.63) is 0 Å². The van der Waals surface area contributed by atoms with Gasteiger partial charge in [0.05, 0.1) is 7.11 Å². The Morgan fingerprint density at radius 3 is 2.47 bits per heavy atom. The van der Waals surface area contributed by atoms with Gasteiger partial charge in [0, 0.05) is 27.3 Å². The van der Waals surface area contributed by atoms with Gasteiger partial charge in [0.1, 0.15) is 0 Å². The number of ether oxygens (including phenoxy) is 2. The molecular weight excluding hydrogens is 222 g/mol. The number of unbranched alkanes of at least 4 members (excludes halogenated alkanes) is 1. The van der Waals surface area contributed by atoms with Crippen molar-refractivity contribution in [1.29, 1.82) is 0 Å². The molecule has 0 amide bonds. The number of hydrogen-bond donors (Lipinski definition) is 2. The zero-order valence-electron chi connectivity index (χ0n) is 10.5. The van der Waals surface area contributed by atoms with Crippen LogP contribution in [-0.4, -0.2) is 49.4 Å². The average Bonchev–Trinajstić information content (AvgIpc) is 2.38. The number of rotatable bonds is 8. The summed E-state index contributed by atoms with van der Waals surface area (Å²) in [6.45, 7) is 1.56. The Labute approximate surface area is 101 Å². The molecule has 7 nitrogen and oxygen atoms in total. The molecule has 0 saturated heterocycles. The van der Waals surface area contributed by atoms with E-state index < -0.39 is 0 Å². The summed E-state index contributed by atoms with van der Waals surface area (Å²) in [5, 5.41) is 5.97. The zero-order valence-corrected chi connectivity index (χ0v) is 10.5. The Hall–Kier alpha value is -1.63. The van der Waals surface area contributed by atoms with E-state index in [-0.39, 0.29) is 0 Å². The molecule has 0 spiro atoms. The van der Waals surface area contributed by atoms with Gasteiger partial charge in [-0.3, -0.25) is 0 Å². The minimum absolute atomic E-state index is 0.295. The number of methoxy groups -OCH3 is 2. The molecule has 1 aromatic heterocycles. The van der Waals surface area contributed by atoms with Gasteiger partial charge in [-0.25, -0.2) is 0 Å². The molecule has 1 aromatic rings. The van der Waals surface area contributed by atoms with Crippen molar-refractivity contribution in [1.82, 2.24) is 15.0 Å². The van der Waals surface area contributed by atoms with Crippen molar-refractivity contribution in [2.75, 3.05) is 45.1 Å². The van der Waals surface area contributed by atoms with Crippen LogP contribution >= 0.6 is 0 Å². The van der Waals surface area contributed by atoms with Crippen molar-refractivity contribution in [3.63, 3.8) is 0 Å². The van der Waals surface area contributed by atoms with E-state index in [4.69, 9.17) is 9.47 Å².